The molecule has 3 N–H and O–H groups in total. The Morgan fingerprint density at radius 2 is 1.86 bits per heavy atom. The van der Waals surface area contributed by atoms with Gasteiger partial charge in [0.1, 0.15) is 5.75 Å². The number of amides is 2. The second kappa shape index (κ2) is 11.5. The zero-order valence-corrected chi connectivity index (χ0v) is 20.5. The van der Waals surface area contributed by atoms with Crippen LogP contribution in [0.5, 0.6) is 5.75 Å². The average molecular weight is 526 g/mol. The Morgan fingerprint density at radius 3 is 2.54 bits per heavy atom. The van der Waals surface area contributed by atoms with Crippen LogP contribution in [0, 0.1) is 10.1 Å². The van der Waals surface area contributed by atoms with Gasteiger partial charge in [-0.2, -0.15) is 0 Å². The molecule has 0 atom stereocenters. The molecule has 1 aliphatic heterocycles. The van der Waals surface area contributed by atoms with Crippen LogP contribution in [0.1, 0.15) is 20.9 Å². The number of anilines is 3. The molecule has 0 radical (unpaired) electrons. The molecule has 12 nitrogen and oxygen atoms in total. The first-order chi connectivity index (χ1) is 17.9. The summed E-state index contributed by atoms with van der Waals surface area (Å²) >= 11 is 5.30. The van der Waals surface area contributed by atoms with Crippen LogP contribution in [0.4, 0.5) is 22.7 Å². The lowest BCUT2D eigenvalue weighted by Crippen LogP contribution is -2.39. The van der Waals surface area contributed by atoms with Gasteiger partial charge in [-0.3, -0.25) is 25.0 Å². The predicted octanol–water partition coefficient (Wildman–Crippen LogP) is 3.41. The van der Waals surface area contributed by atoms with Gasteiger partial charge in [0.25, 0.3) is 17.5 Å². The molecule has 4 rings (SSSR count). The minimum atomic E-state index is -0.600. The van der Waals surface area contributed by atoms with Crippen molar-refractivity contribution in [3.8, 4) is 5.75 Å². The molecule has 0 saturated carbocycles. The van der Waals surface area contributed by atoms with Crippen LogP contribution in [-0.2, 0) is 4.74 Å². The van der Waals surface area contributed by atoms with Crippen molar-refractivity contribution in [3.63, 3.8) is 0 Å². The summed E-state index contributed by atoms with van der Waals surface area (Å²) in [6, 6.07) is 12.1. The van der Waals surface area contributed by atoms with E-state index >= 15 is 0 Å². The lowest BCUT2D eigenvalue weighted by molar-refractivity contribution is -0.384. The number of thiocarbonyl (C=S) groups is 1. The molecule has 0 spiro atoms. The second-order valence-electron chi connectivity index (χ2n) is 7.81. The Labute approximate surface area is 216 Å². The highest BCUT2D eigenvalue weighted by Gasteiger charge is 2.23. The summed E-state index contributed by atoms with van der Waals surface area (Å²) < 4.78 is 15.8. The smallest absolute Gasteiger partial charge is 0.291 e. The van der Waals surface area contributed by atoms with Crippen LogP contribution < -0.4 is 25.6 Å². The third kappa shape index (κ3) is 6.20. The Kier molecular flexibility index (Phi) is 7.95. The van der Waals surface area contributed by atoms with Crippen LogP contribution in [-0.4, -0.2) is 55.3 Å². The van der Waals surface area contributed by atoms with Gasteiger partial charge in [0.15, 0.2) is 10.9 Å². The number of carbonyl (C=O) groups is 2. The highest BCUT2D eigenvalue weighted by atomic mass is 32.1. The van der Waals surface area contributed by atoms with Crippen LogP contribution >= 0.6 is 12.2 Å². The summed E-state index contributed by atoms with van der Waals surface area (Å²) in [7, 11) is 1.44. The van der Waals surface area contributed by atoms with E-state index in [1.54, 1.807) is 30.3 Å². The van der Waals surface area contributed by atoms with Gasteiger partial charge in [-0.05, 0) is 42.5 Å². The second-order valence-corrected chi connectivity index (χ2v) is 8.22. The fraction of sp³-hybridized carbons (Fsp3) is 0.208. The van der Waals surface area contributed by atoms with Crippen LogP contribution in [0.2, 0.25) is 0 Å². The molecule has 0 aliphatic carbocycles. The average Bonchev–Trinajstić information content (AvgIpc) is 3.45. The molecule has 1 aliphatic rings. The largest absolute Gasteiger partial charge is 0.494 e. The maximum absolute atomic E-state index is 13.1. The maximum Gasteiger partial charge on any atom is 0.291 e. The summed E-state index contributed by atoms with van der Waals surface area (Å²) in [5, 5.41) is 19.4. The summed E-state index contributed by atoms with van der Waals surface area (Å²) in [6.07, 6.45) is 1.39. The van der Waals surface area contributed by atoms with E-state index in [0.717, 1.165) is 0 Å². The van der Waals surface area contributed by atoms with E-state index in [4.69, 9.17) is 26.1 Å². The fourth-order valence-corrected chi connectivity index (χ4v) is 3.91. The topological polar surface area (TPSA) is 148 Å². The van der Waals surface area contributed by atoms with Crippen LogP contribution in [0.25, 0.3) is 0 Å². The van der Waals surface area contributed by atoms with Gasteiger partial charge in [-0.1, -0.05) is 0 Å². The Balaban J connectivity index is 1.47. The number of hydrogen-bond acceptors (Lipinski definition) is 9. The lowest BCUT2D eigenvalue weighted by Gasteiger charge is -2.30. The van der Waals surface area contributed by atoms with E-state index < -0.39 is 16.7 Å². The molecule has 1 saturated heterocycles. The number of rotatable bonds is 7. The molecule has 1 fully saturated rings. The van der Waals surface area contributed by atoms with E-state index in [-0.39, 0.29) is 22.1 Å². The van der Waals surface area contributed by atoms with Crippen molar-refractivity contribution in [2.75, 3.05) is 48.9 Å². The standard InChI is InChI=1S/C24H23N5O7S/c1-34-21-13-15(4-6-18(21)26-23(31)20-3-2-10-36-20)25-24(37)27-22(30)17-14-16(29(32)33)5-7-19(17)28-8-11-35-12-9-28/h2-7,10,13-14H,8-9,11-12H2,1H3,(H,26,31)(H2,25,27,30,37). The minimum Gasteiger partial charge on any atom is -0.494 e. The number of nitrogens with one attached hydrogen (secondary N) is 3. The number of nitrogens with zero attached hydrogens (tertiary/aromatic N) is 2. The first-order valence-corrected chi connectivity index (χ1v) is 11.5. The predicted molar refractivity (Wildman–Crippen MR) is 139 cm³/mol. The molecule has 192 valence electrons. The number of hydrogen-bond donors (Lipinski definition) is 3. The molecule has 3 aromatic rings. The van der Waals surface area contributed by atoms with E-state index in [0.29, 0.717) is 49.1 Å². The third-order valence-electron chi connectivity index (χ3n) is 5.47. The molecule has 13 heteroatoms. The highest BCUT2D eigenvalue weighted by Crippen LogP contribution is 2.29. The number of methoxy groups -OCH3 is 1. The maximum atomic E-state index is 13.1. The normalized spacial score (nSPS) is 12.9. The molecular weight excluding hydrogens is 502 g/mol. The Hall–Kier alpha value is -4.49. The quantitative estimate of drug-likeness (QED) is 0.238. The zero-order chi connectivity index (χ0) is 26.4. The first kappa shape index (κ1) is 25.6. The number of furan rings is 1. The van der Waals surface area contributed by atoms with Gasteiger partial charge < -0.3 is 29.4 Å². The van der Waals surface area contributed by atoms with Crippen molar-refractivity contribution in [2.45, 2.75) is 0 Å². The minimum absolute atomic E-state index is 0.0288. The van der Waals surface area contributed by atoms with Crippen molar-refractivity contribution in [3.05, 3.63) is 76.2 Å². The van der Waals surface area contributed by atoms with E-state index in [1.807, 2.05) is 4.90 Å². The van der Waals surface area contributed by atoms with Crippen molar-refractivity contribution in [2.24, 2.45) is 0 Å². The summed E-state index contributed by atoms with van der Waals surface area (Å²) in [5.74, 6) is -0.560. The van der Waals surface area contributed by atoms with Crippen LogP contribution in [0.3, 0.4) is 0 Å². The fourth-order valence-electron chi connectivity index (χ4n) is 3.70. The number of nitro benzene ring substituents is 1. The van der Waals surface area contributed by atoms with Crippen molar-refractivity contribution in [1.82, 2.24) is 5.32 Å². The zero-order valence-electron chi connectivity index (χ0n) is 19.7. The van der Waals surface area contributed by atoms with Gasteiger partial charge in [0, 0.05) is 37.0 Å². The molecule has 2 amide bonds. The molecule has 37 heavy (non-hydrogen) atoms. The van der Waals surface area contributed by atoms with Gasteiger partial charge in [0.2, 0.25) is 0 Å². The third-order valence-corrected chi connectivity index (χ3v) is 5.67. The molecule has 2 heterocycles. The molecule has 0 unspecified atom stereocenters. The molecule has 2 aromatic carbocycles. The van der Waals surface area contributed by atoms with E-state index in [2.05, 4.69) is 16.0 Å². The lowest BCUT2D eigenvalue weighted by atomic mass is 10.1. The number of non-ortho nitro benzene ring substituents is 1. The van der Waals surface area contributed by atoms with Crippen LogP contribution in [0.15, 0.2) is 59.2 Å². The molecular formula is C24H23N5O7S. The monoisotopic (exact) mass is 525 g/mol. The molecule has 0 bridgehead atoms. The van der Waals surface area contributed by atoms with Gasteiger partial charge in [-0.25, -0.2) is 0 Å². The number of benzene rings is 2. The summed E-state index contributed by atoms with van der Waals surface area (Å²) in [5.41, 5.74) is 1.33. The number of nitro groups is 1. The van der Waals surface area contributed by atoms with Gasteiger partial charge in [-0.15, -0.1) is 0 Å². The number of ether oxygens (including phenoxy) is 2. The number of carbonyl (C=O) groups excluding carboxylic acids is 2. The van der Waals surface area contributed by atoms with Crippen molar-refractivity contribution < 1.29 is 28.4 Å². The number of morpholine rings is 1. The van der Waals surface area contributed by atoms with Gasteiger partial charge in [0.05, 0.1) is 48.4 Å². The SMILES string of the molecule is COc1cc(NC(=S)NC(=O)c2cc([N+](=O)[O-])ccc2N2CCOCC2)ccc1NC(=O)c1ccco1. The first-order valence-electron chi connectivity index (χ1n) is 11.1. The molecule has 1 aromatic heterocycles. The Bertz CT molecular complexity index is 1320. The van der Waals surface area contributed by atoms with Gasteiger partial charge >= 0.3 is 0 Å². The van der Waals surface area contributed by atoms with E-state index in [9.17, 15) is 19.7 Å². The highest BCUT2D eigenvalue weighted by molar-refractivity contribution is 7.80. The summed E-state index contributed by atoms with van der Waals surface area (Å²) in [4.78, 5) is 38.0. The van der Waals surface area contributed by atoms with Crippen molar-refractivity contribution in [1.29, 1.82) is 0 Å². The Morgan fingerprint density at radius 1 is 1.08 bits per heavy atom. The van der Waals surface area contributed by atoms with E-state index in [1.165, 1.54) is 31.6 Å². The summed E-state index contributed by atoms with van der Waals surface area (Å²) in [6.45, 7) is 2.06. The van der Waals surface area contributed by atoms with Crippen molar-refractivity contribution >= 4 is 51.9 Å².